The van der Waals surface area contributed by atoms with Crippen LogP contribution >= 0.6 is 23.2 Å². The minimum absolute atomic E-state index is 0. The number of anilines is 1. The predicted molar refractivity (Wildman–Crippen MR) is 275 cm³/mol. The van der Waals surface area contributed by atoms with E-state index in [2.05, 4.69) is 30.8 Å². The van der Waals surface area contributed by atoms with Crippen molar-refractivity contribution in [1.82, 2.24) is 0 Å². The first-order valence-corrected chi connectivity index (χ1v) is 24.5. The molecule has 8 aromatic rings. The number of ether oxygens (including phenoxy) is 2. The summed E-state index contributed by atoms with van der Waals surface area (Å²) in [5.41, 5.74) is 1.24. The van der Waals surface area contributed by atoms with Crippen LogP contribution in [0.4, 0.5) is 34.1 Å². The van der Waals surface area contributed by atoms with E-state index in [9.17, 15) is 46.1 Å². The van der Waals surface area contributed by atoms with Gasteiger partial charge in [-0.15, -0.1) is 5.11 Å². The maximum absolute atomic E-state index is 13.3. The Balaban J connectivity index is 0.000000235. The molecule has 0 aliphatic heterocycles. The quantitative estimate of drug-likeness (QED) is 0.0292. The number of rotatable bonds is 12. The summed E-state index contributed by atoms with van der Waals surface area (Å²) >= 11 is 12.2. The van der Waals surface area contributed by atoms with E-state index in [1.165, 1.54) is 26.4 Å². The molecule has 0 atom stereocenters. The molecule has 0 saturated carbocycles. The molecule has 0 aliphatic rings. The van der Waals surface area contributed by atoms with Crippen molar-refractivity contribution in [3.05, 3.63) is 166 Å². The molecule has 0 unspecified atom stereocenters. The van der Waals surface area contributed by atoms with Crippen molar-refractivity contribution in [1.29, 1.82) is 0 Å². The molecular weight excluding hydrogens is 1050 g/mol. The summed E-state index contributed by atoms with van der Waals surface area (Å²) < 4.78 is 75.5. The maximum Gasteiger partial charge on any atom is 2.00 e. The molecule has 0 saturated heterocycles. The van der Waals surface area contributed by atoms with Gasteiger partial charge in [-0.1, -0.05) is 89.6 Å². The number of nitrogens with one attached hydrogen (secondary N) is 1. The number of nitrogens with zero attached hydrogens (tertiary/aromatic N) is 5. The minimum Gasteiger partial charge on any atom is -0.871 e. The van der Waals surface area contributed by atoms with Crippen molar-refractivity contribution >= 4 is 149 Å². The van der Waals surface area contributed by atoms with E-state index in [0.717, 1.165) is 24.3 Å². The number of aliphatic imine (C=N–C) groups is 1. The largest absolute Gasteiger partial charge is 2.00 e. The maximum atomic E-state index is 13.3. The van der Waals surface area contributed by atoms with Crippen LogP contribution in [-0.4, -0.2) is 94.8 Å². The average Bonchev–Trinajstić information content (AvgIpc) is 3.34. The molecule has 368 valence electrons. The van der Waals surface area contributed by atoms with Crippen LogP contribution in [0, 0.1) is 13.8 Å². The van der Waals surface area contributed by atoms with E-state index >= 15 is 0 Å². The van der Waals surface area contributed by atoms with Crippen molar-refractivity contribution in [2.45, 2.75) is 23.6 Å². The topological polar surface area (TPSA) is 284 Å². The van der Waals surface area contributed by atoms with Gasteiger partial charge in [0.1, 0.15) is 17.2 Å². The Morgan fingerprint density at radius 2 is 1.10 bits per heavy atom. The normalized spacial score (nSPS) is 11.9. The van der Waals surface area contributed by atoms with E-state index in [-0.39, 0.29) is 81.7 Å². The van der Waals surface area contributed by atoms with Crippen molar-refractivity contribution in [3.8, 4) is 23.0 Å². The SMILES string of the molecule is COc1cccc(N=C([O-])c2cc3ccccc3c(N=Nc3cc(S(=O)(=O)O)cc(Cl)c3C)c2[O-])c1.COc1cccc(NC(=O)c2cc3ccccc3c(N=Nc3cc(S(=O)(=O)O)cc(Cl)c3C)c2O)c1.[Ca+2]. The summed E-state index contributed by atoms with van der Waals surface area (Å²) in [5.74, 6) is -1.44. The minimum atomic E-state index is -4.56. The first-order chi connectivity index (χ1) is 34.2. The third-order valence-electron chi connectivity index (χ3n) is 10.7. The molecule has 73 heavy (non-hydrogen) atoms. The van der Waals surface area contributed by atoms with Gasteiger partial charge in [-0.3, -0.25) is 18.9 Å². The molecule has 0 aliphatic carbocycles. The summed E-state index contributed by atoms with van der Waals surface area (Å²) in [6.45, 7) is 3.17. The number of hydrogen-bond acceptors (Lipinski definition) is 15. The molecule has 18 nitrogen and oxygen atoms in total. The van der Waals surface area contributed by atoms with Crippen LogP contribution in [-0.2, 0) is 20.2 Å². The number of aromatic hydroxyl groups is 1. The van der Waals surface area contributed by atoms with Gasteiger partial charge >= 0.3 is 37.7 Å². The predicted octanol–water partition coefficient (Wildman–Crippen LogP) is 11.0. The number of phenolic OH excluding ortho intramolecular Hbond substituents is 1. The summed E-state index contributed by atoms with van der Waals surface area (Å²) in [6.07, 6.45) is 0. The number of carbonyl (C=O) groups is 1. The van der Waals surface area contributed by atoms with Gasteiger partial charge in [0.05, 0.1) is 52.3 Å². The van der Waals surface area contributed by atoms with Gasteiger partial charge in [0.25, 0.3) is 26.1 Å². The van der Waals surface area contributed by atoms with Gasteiger partial charge in [0.2, 0.25) is 0 Å². The van der Waals surface area contributed by atoms with Crippen LogP contribution in [0.15, 0.2) is 169 Å². The second kappa shape index (κ2) is 23.4. The Hall–Kier alpha value is -6.72. The van der Waals surface area contributed by atoms with E-state index in [1.54, 1.807) is 111 Å². The summed E-state index contributed by atoms with van der Waals surface area (Å²) in [6, 6.07) is 34.3. The second-order valence-electron chi connectivity index (χ2n) is 15.4. The smallest absolute Gasteiger partial charge is 0.871 e. The first kappa shape index (κ1) is 55.6. The Labute approximate surface area is 457 Å². The summed E-state index contributed by atoms with van der Waals surface area (Å²) in [7, 11) is -6.11. The van der Waals surface area contributed by atoms with Gasteiger partial charge in [0, 0.05) is 38.6 Å². The number of amides is 1. The fourth-order valence-corrected chi connectivity index (χ4v) is 8.52. The number of methoxy groups -OCH3 is 2. The Morgan fingerprint density at radius 3 is 1.63 bits per heavy atom. The number of phenols is 1. The molecule has 23 heteroatoms. The zero-order chi connectivity index (χ0) is 52.1. The Kier molecular flexibility index (Phi) is 17.8. The number of hydrogen-bond donors (Lipinski definition) is 4. The second-order valence-corrected chi connectivity index (χ2v) is 19.1. The average molecular weight is 1090 g/mol. The van der Waals surface area contributed by atoms with Gasteiger partial charge in [-0.25, -0.2) is 0 Å². The Bertz CT molecular complexity index is 3790. The van der Waals surface area contributed by atoms with Crippen LogP contribution in [0.2, 0.25) is 10.0 Å². The molecule has 0 fully saturated rings. The fraction of sp³-hybridized carbons (Fsp3) is 0.0800. The standard InChI is InChI=1S/2C25H20ClN3O6S.Ca/c2*1-14-21(26)12-18(36(32,33)34)13-22(14)28-29-23-19-9-4-3-6-15(19)10-20(24(23)30)25(31)27-16-7-5-8-17(11-16)35-2;/h2*3-13,30H,1-2H3,(H,27,31)(H,32,33,34);/q;;+2/p-2. The monoisotopic (exact) mass is 1090 g/mol. The fourth-order valence-electron chi connectivity index (χ4n) is 6.91. The van der Waals surface area contributed by atoms with E-state index in [1.807, 2.05) is 0 Å². The van der Waals surface area contributed by atoms with Crippen molar-refractivity contribution in [2.24, 2.45) is 25.4 Å². The van der Waals surface area contributed by atoms with Crippen LogP contribution in [0.1, 0.15) is 27.0 Å². The molecule has 8 aromatic carbocycles. The molecule has 0 spiro atoms. The van der Waals surface area contributed by atoms with Gasteiger partial charge < -0.3 is 30.1 Å². The Morgan fingerprint density at radius 1 is 0.616 bits per heavy atom. The van der Waals surface area contributed by atoms with Gasteiger partial charge in [-0.2, -0.15) is 32.2 Å². The van der Waals surface area contributed by atoms with Crippen molar-refractivity contribution in [2.75, 3.05) is 19.5 Å². The number of azo groups is 2. The first-order valence-electron chi connectivity index (χ1n) is 20.9. The van der Waals surface area contributed by atoms with E-state index in [4.69, 9.17) is 32.7 Å². The van der Waals surface area contributed by atoms with Crippen LogP contribution in [0.25, 0.3) is 21.5 Å². The summed E-state index contributed by atoms with van der Waals surface area (Å²) in [5, 5.41) is 58.5. The van der Waals surface area contributed by atoms with Crippen molar-refractivity contribution < 1.29 is 55.5 Å². The van der Waals surface area contributed by atoms with Gasteiger partial charge in [0.15, 0.2) is 5.75 Å². The van der Waals surface area contributed by atoms with Crippen LogP contribution in [0.3, 0.4) is 0 Å². The van der Waals surface area contributed by atoms with E-state index < -0.39 is 53.3 Å². The number of halogens is 2. The molecule has 1 amide bonds. The molecule has 0 aromatic heterocycles. The molecule has 8 rings (SSSR count). The summed E-state index contributed by atoms with van der Waals surface area (Å²) in [4.78, 5) is 16.2. The zero-order valence-corrected chi connectivity index (χ0v) is 44.1. The van der Waals surface area contributed by atoms with Crippen molar-refractivity contribution in [3.63, 3.8) is 0 Å². The number of fused-ring (bicyclic) bond motifs is 2. The molecule has 0 heterocycles. The molecule has 4 N–H and O–H groups in total. The molecular formula is C50H38CaCl2N6O12S2. The zero-order valence-electron chi connectivity index (χ0n) is 38.7. The molecule has 0 bridgehead atoms. The van der Waals surface area contributed by atoms with Crippen LogP contribution < -0.4 is 25.0 Å². The molecule has 0 radical (unpaired) electrons. The number of carbonyl (C=O) groups excluding carboxylic acids is 1. The number of benzene rings is 8. The van der Waals surface area contributed by atoms with Gasteiger partial charge in [-0.05, 0) is 108 Å². The van der Waals surface area contributed by atoms with E-state index in [0.29, 0.717) is 55.5 Å². The van der Waals surface area contributed by atoms with Crippen LogP contribution in [0.5, 0.6) is 23.0 Å². The third-order valence-corrected chi connectivity index (χ3v) is 13.2. The third kappa shape index (κ3) is 13.1.